The van der Waals surface area contributed by atoms with Gasteiger partial charge in [-0.1, -0.05) is 34.1 Å². The molecule has 0 aromatic heterocycles. The lowest BCUT2D eigenvalue weighted by Crippen LogP contribution is -2.37. The molecule has 3 nitrogen and oxygen atoms in total. The van der Waals surface area contributed by atoms with Crippen molar-refractivity contribution in [2.24, 2.45) is 11.7 Å². The lowest BCUT2D eigenvalue weighted by molar-refractivity contribution is -0.119. The van der Waals surface area contributed by atoms with Crippen molar-refractivity contribution in [3.8, 4) is 0 Å². The number of nitrogens with zero attached hydrogens (tertiary/aromatic N) is 1. The summed E-state index contributed by atoms with van der Waals surface area (Å²) in [6.45, 7) is 3.29. The highest BCUT2D eigenvalue weighted by Crippen LogP contribution is 2.21. The molecule has 1 aliphatic rings. The van der Waals surface area contributed by atoms with Gasteiger partial charge >= 0.3 is 0 Å². The van der Waals surface area contributed by atoms with Gasteiger partial charge in [0, 0.05) is 17.4 Å². The van der Waals surface area contributed by atoms with Gasteiger partial charge < -0.3 is 10.6 Å². The molecule has 0 bridgehead atoms. The molecule has 110 valence electrons. The van der Waals surface area contributed by atoms with Crippen LogP contribution in [0, 0.1) is 5.92 Å². The van der Waals surface area contributed by atoms with Gasteiger partial charge in [-0.05, 0) is 56.3 Å². The van der Waals surface area contributed by atoms with Crippen LogP contribution in [0.4, 0.5) is 0 Å². The number of benzene rings is 1. The highest BCUT2D eigenvalue weighted by molar-refractivity contribution is 9.10. The minimum atomic E-state index is -0.162. The average Bonchev–Trinajstić information content (AvgIpc) is 2.41. The van der Waals surface area contributed by atoms with Crippen LogP contribution in [0.15, 0.2) is 28.7 Å². The van der Waals surface area contributed by atoms with Gasteiger partial charge in [-0.15, -0.1) is 0 Å². The number of hydrogen-bond donors (Lipinski definition) is 1. The molecule has 0 radical (unpaired) electrons. The van der Waals surface area contributed by atoms with E-state index >= 15 is 0 Å². The molecule has 0 aliphatic carbocycles. The third-order valence-electron chi connectivity index (χ3n) is 3.97. The van der Waals surface area contributed by atoms with E-state index in [1.807, 2.05) is 6.07 Å². The fourth-order valence-electron chi connectivity index (χ4n) is 3.00. The zero-order valence-electron chi connectivity index (χ0n) is 11.9. The highest BCUT2D eigenvalue weighted by Gasteiger charge is 2.20. The fraction of sp³-hybridized carbons (Fsp3) is 0.562. The minimum absolute atomic E-state index is 0.162. The van der Waals surface area contributed by atoms with Gasteiger partial charge in [0.2, 0.25) is 5.91 Å². The molecule has 1 aromatic rings. The second kappa shape index (κ2) is 7.79. The summed E-state index contributed by atoms with van der Waals surface area (Å²) >= 11 is 3.59. The normalized spacial score (nSPS) is 19.9. The van der Waals surface area contributed by atoms with Crippen LogP contribution < -0.4 is 5.73 Å². The van der Waals surface area contributed by atoms with E-state index in [4.69, 9.17) is 5.73 Å². The van der Waals surface area contributed by atoms with Crippen LogP contribution in [0.25, 0.3) is 0 Å². The first-order valence-corrected chi connectivity index (χ1v) is 8.18. The van der Waals surface area contributed by atoms with Crippen molar-refractivity contribution in [1.29, 1.82) is 0 Å². The third-order valence-corrected chi connectivity index (χ3v) is 4.74. The summed E-state index contributed by atoms with van der Waals surface area (Å²) in [6, 6.07) is 8.41. The quantitative estimate of drug-likeness (QED) is 0.866. The van der Waals surface area contributed by atoms with Gasteiger partial charge in [0.15, 0.2) is 0 Å². The predicted octanol–water partition coefficient (Wildman–Crippen LogP) is 2.97. The number of hydrogen-bond acceptors (Lipinski definition) is 2. The maximum atomic E-state index is 11.0. The summed E-state index contributed by atoms with van der Waals surface area (Å²) in [7, 11) is 0. The molecule has 1 amide bonds. The maximum absolute atomic E-state index is 11.0. The number of amides is 1. The Kier molecular flexibility index (Phi) is 6.05. The summed E-state index contributed by atoms with van der Waals surface area (Å²) in [5.41, 5.74) is 6.67. The average molecular weight is 339 g/mol. The van der Waals surface area contributed by atoms with Gasteiger partial charge in [0.25, 0.3) is 0 Å². The Labute approximate surface area is 129 Å². The molecular weight excluding hydrogens is 316 g/mol. The number of aryl methyl sites for hydroxylation is 1. The monoisotopic (exact) mass is 338 g/mol. The molecular formula is C16H23BrN2O. The number of rotatable bonds is 6. The van der Waals surface area contributed by atoms with Crippen LogP contribution in [0.2, 0.25) is 0 Å². The lowest BCUT2D eigenvalue weighted by atomic mass is 9.94. The Hall–Kier alpha value is -0.870. The zero-order valence-corrected chi connectivity index (χ0v) is 13.4. The Morgan fingerprint density at radius 3 is 2.95 bits per heavy atom. The molecule has 1 aliphatic heterocycles. The summed E-state index contributed by atoms with van der Waals surface area (Å²) in [4.78, 5) is 13.5. The fourth-order valence-corrected chi connectivity index (χ4v) is 3.48. The van der Waals surface area contributed by atoms with Crippen LogP contribution in [0.3, 0.4) is 0 Å². The Morgan fingerprint density at radius 1 is 1.40 bits per heavy atom. The van der Waals surface area contributed by atoms with Gasteiger partial charge in [0.1, 0.15) is 0 Å². The van der Waals surface area contributed by atoms with Crippen molar-refractivity contribution in [2.45, 2.75) is 32.1 Å². The van der Waals surface area contributed by atoms with Crippen LogP contribution in [0.1, 0.15) is 31.2 Å². The van der Waals surface area contributed by atoms with Crippen molar-refractivity contribution in [1.82, 2.24) is 4.90 Å². The number of halogens is 1. The number of piperidine rings is 1. The second-order valence-corrected chi connectivity index (χ2v) is 6.53. The number of primary amides is 1. The molecule has 2 N–H and O–H groups in total. The summed E-state index contributed by atoms with van der Waals surface area (Å²) < 4.78 is 1.20. The Bertz CT molecular complexity index is 450. The smallest absolute Gasteiger partial charge is 0.217 e. The van der Waals surface area contributed by atoms with E-state index in [2.05, 4.69) is 39.0 Å². The van der Waals surface area contributed by atoms with Crippen molar-refractivity contribution < 1.29 is 4.79 Å². The number of carbonyl (C=O) groups excluding carboxylic acids is 1. The zero-order chi connectivity index (χ0) is 14.4. The highest BCUT2D eigenvalue weighted by atomic mass is 79.9. The first-order valence-electron chi connectivity index (χ1n) is 7.39. The molecule has 20 heavy (non-hydrogen) atoms. The van der Waals surface area contributed by atoms with E-state index in [1.165, 1.54) is 16.5 Å². The van der Waals surface area contributed by atoms with E-state index in [9.17, 15) is 4.79 Å². The van der Waals surface area contributed by atoms with Gasteiger partial charge in [-0.25, -0.2) is 0 Å². The molecule has 1 heterocycles. The van der Waals surface area contributed by atoms with Crippen molar-refractivity contribution in [3.63, 3.8) is 0 Å². The van der Waals surface area contributed by atoms with Crippen LogP contribution in [0.5, 0.6) is 0 Å². The van der Waals surface area contributed by atoms with Crippen LogP contribution in [-0.2, 0) is 11.2 Å². The third kappa shape index (κ3) is 4.91. The lowest BCUT2D eigenvalue weighted by Gasteiger charge is -2.32. The van der Waals surface area contributed by atoms with E-state index in [0.29, 0.717) is 12.3 Å². The molecule has 0 unspecified atom stereocenters. The Morgan fingerprint density at radius 2 is 2.20 bits per heavy atom. The molecule has 4 heteroatoms. The minimum Gasteiger partial charge on any atom is -0.370 e. The molecule has 0 saturated carbocycles. The van der Waals surface area contributed by atoms with Crippen molar-refractivity contribution in [2.75, 3.05) is 19.6 Å². The molecule has 1 atom stereocenters. The molecule has 1 saturated heterocycles. The van der Waals surface area contributed by atoms with E-state index < -0.39 is 0 Å². The first-order chi connectivity index (χ1) is 9.65. The van der Waals surface area contributed by atoms with Crippen molar-refractivity contribution in [3.05, 3.63) is 34.3 Å². The Balaban J connectivity index is 1.74. The number of likely N-dealkylation sites (tertiary alicyclic amines) is 1. The SMILES string of the molecule is NC(=O)C[C@@H]1CCCN(CCCc2ccccc2Br)C1. The number of carbonyl (C=O) groups is 1. The standard InChI is InChI=1S/C16H23BrN2O/c17-15-8-2-1-6-14(15)7-4-10-19-9-3-5-13(12-19)11-16(18)20/h1-2,6,8,13H,3-5,7,9-12H2,(H2,18,20)/t13-/m0/s1. The number of nitrogens with two attached hydrogens (primary N) is 1. The maximum Gasteiger partial charge on any atom is 0.217 e. The summed E-state index contributed by atoms with van der Waals surface area (Å²) in [6.07, 6.45) is 5.13. The van der Waals surface area contributed by atoms with Crippen LogP contribution in [-0.4, -0.2) is 30.4 Å². The molecule has 1 fully saturated rings. The van der Waals surface area contributed by atoms with Gasteiger partial charge in [-0.3, -0.25) is 4.79 Å². The topological polar surface area (TPSA) is 46.3 Å². The largest absolute Gasteiger partial charge is 0.370 e. The van der Waals surface area contributed by atoms with E-state index in [-0.39, 0.29) is 5.91 Å². The molecule has 0 spiro atoms. The van der Waals surface area contributed by atoms with Gasteiger partial charge in [0.05, 0.1) is 0 Å². The first kappa shape index (κ1) is 15.5. The second-order valence-electron chi connectivity index (χ2n) is 5.67. The van der Waals surface area contributed by atoms with E-state index in [1.54, 1.807) is 0 Å². The molecule has 1 aromatic carbocycles. The predicted molar refractivity (Wildman–Crippen MR) is 85.4 cm³/mol. The van der Waals surface area contributed by atoms with Crippen molar-refractivity contribution >= 4 is 21.8 Å². The van der Waals surface area contributed by atoms with Crippen LogP contribution >= 0.6 is 15.9 Å². The summed E-state index contributed by atoms with van der Waals surface area (Å²) in [5, 5.41) is 0. The summed E-state index contributed by atoms with van der Waals surface area (Å²) in [5.74, 6) is 0.301. The molecule has 2 rings (SSSR count). The van der Waals surface area contributed by atoms with Gasteiger partial charge in [-0.2, -0.15) is 0 Å². The van der Waals surface area contributed by atoms with E-state index in [0.717, 1.165) is 38.9 Å².